The van der Waals surface area contributed by atoms with Crippen molar-refractivity contribution in [2.24, 2.45) is 5.92 Å². The van der Waals surface area contributed by atoms with Crippen molar-refractivity contribution >= 4 is 11.9 Å². The molecule has 0 aliphatic heterocycles. The molecule has 0 rings (SSSR count). The minimum absolute atomic E-state index is 0.152. The Morgan fingerprint density at radius 3 is 2.28 bits per heavy atom. The first-order valence-corrected chi connectivity index (χ1v) is 6.50. The minimum atomic E-state index is -0.972. The number of carboxylic acids is 1. The summed E-state index contributed by atoms with van der Waals surface area (Å²) in [5.41, 5.74) is 0. The topological polar surface area (TPSA) is 58.4 Å². The maximum absolute atomic E-state index is 11.2. The smallest absolute Gasteiger partial charge is 0.347 e. The van der Waals surface area contributed by atoms with Crippen LogP contribution in [0.4, 0.5) is 0 Å². The molecule has 0 aromatic carbocycles. The molecule has 5 nitrogen and oxygen atoms in total. The van der Waals surface area contributed by atoms with Gasteiger partial charge in [0.1, 0.15) is 0 Å². The molecule has 18 heavy (non-hydrogen) atoms. The fourth-order valence-corrected chi connectivity index (χ4v) is 1.96. The standard InChI is InChI=1S/C13H27N3O2/c1-7-8-9-11(12(17)18)10(2)14-13(15(3)4)16(5)6/h10-11H,7-9H2,1-6H3,(H,17,18). The highest BCUT2D eigenvalue weighted by Crippen LogP contribution is 2.12. The second-order valence-electron chi connectivity index (χ2n) is 5.11. The summed E-state index contributed by atoms with van der Waals surface area (Å²) in [7, 11) is 7.70. The second-order valence-corrected chi connectivity index (χ2v) is 5.11. The highest BCUT2D eigenvalue weighted by molar-refractivity contribution is 5.76. The van der Waals surface area contributed by atoms with E-state index in [-0.39, 0.29) is 6.04 Å². The van der Waals surface area contributed by atoms with Crippen molar-refractivity contribution in [2.75, 3.05) is 28.2 Å². The molecule has 2 unspecified atom stereocenters. The summed E-state index contributed by atoms with van der Waals surface area (Å²) in [6.45, 7) is 3.95. The molecule has 0 fully saturated rings. The third-order valence-electron chi connectivity index (χ3n) is 2.98. The zero-order valence-electron chi connectivity index (χ0n) is 12.5. The van der Waals surface area contributed by atoms with E-state index in [9.17, 15) is 9.90 Å². The number of hydrogen-bond acceptors (Lipinski definition) is 2. The largest absolute Gasteiger partial charge is 0.550 e. The van der Waals surface area contributed by atoms with Crippen molar-refractivity contribution in [1.29, 1.82) is 0 Å². The monoisotopic (exact) mass is 257 g/mol. The SMILES string of the molecule is CCCCC(C(=O)[O-])C(C)NC(N(C)C)=[N+](C)C. The molecule has 0 aromatic heterocycles. The van der Waals surface area contributed by atoms with Crippen LogP contribution >= 0.6 is 0 Å². The first kappa shape index (κ1) is 16.7. The van der Waals surface area contributed by atoms with Gasteiger partial charge in [-0.3, -0.25) is 14.8 Å². The Morgan fingerprint density at radius 2 is 1.94 bits per heavy atom. The molecule has 0 aliphatic rings. The van der Waals surface area contributed by atoms with Crippen molar-refractivity contribution in [3.05, 3.63) is 0 Å². The van der Waals surface area contributed by atoms with E-state index in [0.717, 1.165) is 18.8 Å². The van der Waals surface area contributed by atoms with Crippen LogP contribution in [-0.2, 0) is 4.79 Å². The Labute approximate surface area is 110 Å². The summed E-state index contributed by atoms with van der Waals surface area (Å²) in [6, 6.07) is -0.152. The normalized spacial score (nSPS) is 13.7. The summed E-state index contributed by atoms with van der Waals surface area (Å²) in [6.07, 6.45) is 2.56. The van der Waals surface area contributed by atoms with Gasteiger partial charge in [0.2, 0.25) is 0 Å². The molecular formula is C13H27N3O2. The number of unbranched alkanes of at least 4 members (excludes halogenated alkanes) is 1. The highest BCUT2D eigenvalue weighted by Gasteiger charge is 2.24. The molecule has 106 valence electrons. The van der Waals surface area contributed by atoms with Gasteiger partial charge < -0.3 is 9.90 Å². The minimum Gasteiger partial charge on any atom is -0.550 e. The molecule has 0 saturated carbocycles. The molecule has 0 bridgehead atoms. The van der Waals surface area contributed by atoms with Crippen LogP contribution in [0.15, 0.2) is 0 Å². The number of nitrogens with one attached hydrogen (secondary N) is 1. The van der Waals surface area contributed by atoms with Gasteiger partial charge >= 0.3 is 5.96 Å². The van der Waals surface area contributed by atoms with Gasteiger partial charge in [0.05, 0.1) is 34.2 Å². The lowest BCUT2D eigenvalue weighted by molar-refractivity contribution is -0.472. The molecular weight excluding hydrogens is 230 g/mol. The Kier molecular flexibility index (Phi) is 7.39. The van der Waals surface area contributed by atoms with Gasteiger partial charge in [-0.05, 0) is 13.3 Å². The van der Waals surface area contributed by atoms with E-state index in [1.807, 2.05) is 44.6 Å². The fourth-order valence-electron chi connectivity index (χ4n) is 1.96. The predicted octanol–water partition coefficient (Wildman–Crippen LogP) is -0.289. The molecule has 0 radical (unpaired) electrons. The van der Waals surface area contributed by atoms with E-state index < -0.39 is 11.9 Å². The average Bonchev–Trinajstić information content (AvgIpc) is 2.24. The van der Waals surface area contributed by atoms with Crippen molar-refractivity contribution in [3.8, 4) is 0 Å². The number of rotatable bonds is 6. The molecule has 0 aromatic rings. The summed E-state index contributed by atoms with van der Waals surface area (Å²) in [5, 5.41) is 14.4. The van der Waals surface area contributed by atoms with Crippen LogP contribution in [0, 0.1) is 5.92 Å². The Morgan fingerprint density at radius 1 is 1.39 bits per heavy atom. The zero-order valence-corrected chi connectivity index (χ0v) is 12.5. The summed E-state index contributed by atoms with van der Waals surface area (Å²) < 4.78 is 1.93. The van der Waals surface area contributed by atoms with Gasteiger partial charge in [-0.2, -0.15) is 0 Å². The van der Waals surface area contributed by atoms with E-state index in [4.69, 9.17) is 0 Å². The quantitative estimate of drug-likeness (QED) is 0.404. The van der Waals surface area contributed by atoms with Gasteiger partial charge in [0.15, 0.2) is 0 Å². The summed E-state index contributed by atoms with van der Waals surface area (Å²) in [4.78, 5) is 13.1. The first-order chi connectivity index (χ1) is 8.31. The fraction of sp³-hybridized carbons (Fsp3) is 0.846. The van der Waals surface area contributed by atoms with Crippen LogP contribution in [0.1, 0.15) is 33.1 Å². The molecule has 0 heterocycles. The molecule has 0 amide bonds. The lowest BCUT2D eigenvalue weighted by Gasteiger charge is -2.25. The van der Waals surface area contributed by atoms with E-state index in [2.05, 4.69) is 12.2 Å². The number of guanidine groups is 1. The lowest BCUT2D eigenvalue weighted by Crippen LogP contribution is -2.51. The highest BCUT2D eigenvalue weighted by atomic mass is 16.4. The van der Waals surface area contributed by atoms with Crippen molar-refractivity contribution in [1.82, 2.24) is 10.2 Å². The molecule has 2 atom stereocenters. The molecule has 0 spiro atoms. The van der Waals surface area contributed by atoms with Crippen LogP contribution in [-0.4, -0.2) is 55.6 Å². The van der Waals surface area contributed by atoms with E-state index in [1.54, 1.807) is 0 Å². The van der Waals surface area contributed by atoms with Gasteiger partial charge in [0, 0.05) is 11.9 Å². The number of hydrogen-bond donors (Lipinski definition) is 1. The lowest BCUT2D eigenvalue weighted by atomic mass is 9.95. The van der Waals surface area contributed by atoms with Crippen LogP contribution in [0.5, 0.6) is 0 Å². The van der Waals surface area contributed by atoms with E-state index in [1.165, 1.54) is 0 Å². The predicted molar refractivity (Wildman–Crippen MR) is 71.4 cm³/mol. The zero-order chi connectivity index (χ0) is 14.3. The number of aliphatic carboxylic acids is 1. The third kappa shape index (κ3) is 5.38. The number of carboxylic acid groups (broad SMARTS) is 1. The second kappa shape index (κ2) is 7.95. The maximum Gasteiger partial charge on any atom is 0.347 e. The Bertz CT molecular complexity index is 297. The molecule has 0 aliphatic carbocycles. The third-order valence-corrected chi connectivity index (χ3v) is 2.98. The average molecular weight is 257 g/mol. The molecule has 5 heteroatoms. The summed E-state index contributed by atoms with van der Waals surface area (Å²) >= 11 is 0. The van der Waals surface area contributed by atoms with Crippen LogP contribution in [0.3, 0.4) is 0 Å². The van der Waals surface area contributed by atoms with Crippen molar-refractivity contribution in [3.63, 3.8) is 0 Å². The summed E-state index contributed by atoms with van der Waals surface area (Å²) in [5.74, 6) is -0.537. The van der Waals surface area contributed by atoms with Gasteiger partial charge in [0.25, 0.3) is 0 Å². The van der Waals surface area contributed by atoms with Crippen LogP contribution < -0.4 is 10.4 Å². The number of carbonyl (C=O) groups is 1. The van der Waals surface area contributed by atoms with Gasteiger partial charge in [-0.1, -0.05) is 19.8 Å². The van der Waals surface area contributed by atoms with Gasteiger partial charge in [-0.25, -0.2) is 0 Å². The van der Waals surface area contributed by atoms with E-state index in [0.29, 0.717) is 6.42 Å². The first-order valence-electron chi connectivity index (χ1n) is 6.50. The number of carbonyl (C=O) groups excluding carboxylic acids is 1. The molecule has 1 N–H and O–H groups in total. The van der Waals surface area contributed by atoms with Crippen molar-refractivity contribution in [2.45, 2.75) is 39.2 Å². The van der Waals surface area contributed by atoms with Crippen LogP contribution in [0.2, 0.25) is 0 Å². The maximum atomic E-state index is 11.2. The van der Waals surface area contributed by atoms with E-state index >= 15 is 0 Å². The van der Waals surface area contributed by atoms with Crippen molar-refractivity contribution < 1.29 is 14.5 Å². The van der Waals surface area contributed by atoms with Gasteiger partial charge in [-0.15, -0.1) is 0 Å². The number of nitrogens with zero attached hydrogens (tertiary/aromatic N) is 2. The molecule has 0 saturated heterocycles. The van der Waals surface area contributed by atoms with Crippen LogP contribution in [0.25, 0.3) is 0 Å². The Hall–Kier alpha value is -1.26. The Balaban J connectivity index is 4.73.